The normalized spacial score (nSPS) is 11.9. The number of rotatable bonds is 7. The summed E-state index contributed by atoms with van der Waals surface area (Å²) in [5.41, 5.74) is 3.70. The Morgan fingerprint density at radius 1 is 1.00 bits per heavy atom. The van der Waals surface area contributed by atoms with Crippen LogP contribution < -0.4 is 5.56 Å². The summed E-state index contributed by atoms with van der Waals surface area (Å²) >= 11 is 0. The Labute approximate surface area is 122 Å². The van der Waals surface area contributed by atoms with E-state index >= 15 is 0 Å². The highest BCUT2D eigenvalue weighted by Gasteiger charge is 2.12. The lowest BCUT2D eigenvalue weighted by Crippen LogP contribution is -2.22. The Balaban J connectivity index is 2.42. The van der Waals surface area contributed by atoms with Crippen LogP contribution in [0.2, 0.25) is 25.7 Å². The van der Waals surface area contributed by atoms with E-state index in [1.54, 1.807) is 0 Å². The van der Waals surface area contributed by atoms with E-state index in [9.17, 15) is 4.79 Å². The van der Waals surface area contributed by atoms with Crippen LogP contribution in [0.15, 0.2) is 4.79 Å². The summed E-state index contributed by atoms with van der Waals surface area (Å²) in [5.74, 6) is 0. The van der Waals surface area contributed by atoms with Crippen molar-refractivity contribution in [2.75, 3.05) is 13.4 Å². The summed E-state index contributed by atoms with van der Waals surface area (Å²) in [4.78, 5) is 14.6. The van der Waals surface area contributed by atoms with Crippen molar-refractivity contribution in [1.29, 1.82) is 0 Å². The van der Waals surface area contributed by atoms with Gasteiger partial charge in [0.25, 0.3) is 5.56 Å². The molecule has 0 aliphatic carbocycles. The predicted octanol–water partition coefficient (Wildman–Crippen LogP) is 3.13. The average molecular weight is 297 g/mol. The second kappa shape index (κ2) is 7.20. The van der Waals surface area contributed by atoms with E-state index in [1.807, 2.05) is 20.8 Å². The molecule has 0 fully saturated rings. The number of aromatic nitrogens is 1. The topological polar surface area (TPSA) is 51.3 Å². The van der Waals surface area contributed by atoms with E-state index in [0.717, 1.165) is 35.0 Å². The summed E-state index contributed by atoms with van der Waals surface area (Å²) in [6.07, 6.45) is 0. The Hall–Kier alpha value is -0.913. The number of hydrogen-bond donors (Lipinski definition) is 1. The van der Waals surface area contributed by atoms with Crippen molar-refractivity contribution in [2.45, 2.75) is 53.1 Å². The smallest absolute Gasteiger partial charge is 0.251 e. The van der Waals surface area contributed by atoms with Crippen molar-refractivity contribution in [1.82, 2.24) is 4.98 Å². The first-order valence-electron chi connectivity index (χ1n) is 7.07. The van der Waals surface area contributed by atoms with Crippen LogP contribution in [-0.4, -0.2) is 26.5 Å². The lowest BCUT2D eigenvalue weighted by molar-refractivity contribution is -0.0584. The molecule has 0 atom stereocenters. The van der Waals surface area contributed by atoms with Crippen molar-refractivity contribution >= 4 is 8.07 Å². The SMILES string of the molecule is Cc1c(COCOCC[Si](C)(C)C)[nH]c(=O)c(C)c1C. The van der Waals surface area contributed by atoms with Crippen molar-refractivity contribution in [2.24, 2.45) is 0 Å². The molecule has 4 nitrogen and oxygen atoms in total. The van der Waals surface area contributed by atoms with E-state index in [2.05, 4.69) is 24.6 Å². The van der Waals surface area contributed by atoms with Crippen molar-refractivity contribution < 1.29 is 9.47 Å². The zero-order valence-electron chi connectivity index (χ0n) is 13.6. The number of aromatic amines is 1. The van der Waals surface area contributed by atoms with Gasteiger partial charge in [0, 0.05) is 25.9 Å². The standard InChI is InChI=1S/C15H27NO3Si/c1-11-12(2)14(16-15(17)13(11)3)9-19-10-18-7-8-20(4,5)6/h7-10H2,1-6H3,(H,16,17). The molecule has 0 saturated heterocycles. The fourth-order valence-corrected chi connectivity index (χ4v) is 2.54. The number of ether oxygens (including phenoxy) is 2. The van der Waals surface area contributed by atoms with Crippen LogP contribution >= 0.6 is 0 Å². The zero-order valence-corrected chi connectivity index (χ0v) is 14.6. The third-order valence-corrected chi connectivity index (χ3v) is 5.30. The van der Waals surface area contributed by atoms with Gasteiger partial charge in [0.05, 0.1) is 6.61 Å². The van der Waals surface area contributed by atoms with Crippen molar-refractivity contribution in [3.63, 3.8) is 0 Å². The average Bonchev–Trinajstić information content (AvgIpc) is 2.35. The van der Waals surface area contributed by atoms with E-state index < -0.39 is 8.07 Å². The predicted molar refractivity (Wildman–Crippen MR) is 85.0 cm³/mol. The Bertz CT molecular complexity index is 503. The minimum atomic E-state index is -1.04. The Morgan fingerprint density at radius 2 is 1.65 bits per heavy atom. The fraction of sp³-hybridized carbons (Fsp3) is 0.667. The lowest BCUT2D eigenvalue weighted by Gasteiger charge is -2.15. The molecule has 5 heteroatoms. The van der Waals surface area contributed by atoms with Gasteiger partial charge < -0.3 is 14.5 Å². The van der Waals surface area contributed by atoms with Crippen LogP contribution in [0.5, 0.6) is 0 Å². The van der Waals surface area contributed by atoms with Gasteiger partial charge in [-0.3, -0.25) is 4.79 Å². The molecule has 0 aliphatic rings. The summed E-state index contributed by atoms with van der Waals surface area (Å²) < 4.78 is 11.0. The summed E-state index contributed by atoms with van der Waals surface area (Å²) in [6, 6.07) is 1.13. The molecule has 114 valence electrons. The fourth-order valence-electron chi connectivity index (χ4n) is 1.79. The van der Waals surface area contributed by atoms with Crippen molar-refractivity contribution in [3.05, 3.63) is 32.7 Å². The molecule has 0 aromatic carbocycles. The third-order valence-electron chi connectivity index (χ3n) is 3.59. The van der Waals surface area contributed by atoms with Gasteiger partial charge in [0.1, 0.15) is 6.79 Å². The summed E-state index contributed by atoms with van der Waals surface area (Å²) in [7, 11) is -1.04. The monoisotopic (exact) mass is 297 g/mol. The first-order chi connectivity index (χ1) is 9.22. The van der Waals surface area contributed by atoms with E-state index in [-0.39, 0.29) is 12.4 Å². The zero-order chi connectivity index (χ0) is 15.3. The van der Waals surface area contributed by atoms with Gasteiger partial charge in [-0.05, 0) is 37.9 Å². The first-order valence-corrected chi connectivity index (χ1v) is 10.8. The van der Waals surface area contributed by atoms with Gasteiger partial charge >= 0.3 is 0 Å². The molecule has 1 aromatic heterocycles. The molecule has 0 amide bonds. The molecular formula is C15H27NO3Si. The van der Waals surface area contributed by atoms with Gasteiger partial charge in [-0.25, -0.2) is 0 Å². The number of hydrogen-bond acceptors (Lipinski definition) is 3. The lowest BCUT2D eigenvalue weighted by atomic mass is 10.1. The minimum absolute atomic E-state index is 0.0358. The van der Waals surface area contributed by atoms with Crippen LogP contribution in [0.3, 0.4) is 0 Å². The van der Waals surface area contributed by atoms with E-state index in [1.165, 1.54) is 0 Å². The van der Waals surface area contributed by atoms with Gasteiger partial charge in [-0.15, -0.1) is 0 Å². The second-order valence-corrected chi connectivity index (χ2v) is 12.1. The van der Waals surface area contributed by atoms with Crippen LogP contribution in [0.4, 0.5) is 0 Å². The molecule has 0 saturated carbocycles. The Morgan fingerprint density at radius 3 is 2.25 bits per heavy atom. The maximum absolute atomic E-state index is 11.7. The molecular weight excluding hydrogens is 270 g/mol. The molecule has 1 N–H and O–H groups in total. The van der Waals surface area contributed by atoms with Crippen LogP contribution in [0.25, 0.3) is 0 Å². The van der Waals surface area contributed by atoms with Gasteiger partial charge in [-0.2, -0.15) is 0 Å². The number of nitrogens with one attached hydrogen (secondary N) is 1. The third kappa shape index (κ3) is 5.23. The maximum Gasteiger partial charge on any atom is 0.251 e. The molecule has 0 radical (unpaired) electrons. The second-order valence-electron chi connectivity index (χ2n) is 6.49. The number of H-pyrrole nitrogens is 1. The number of pyridine rings is 1. The summed E-state index contributed by atoms with van der Waals surface area (Å²) in [5, 5.41) is 0. The van der Waals surface area contributed by atoms with Crippen LogP contribution in [0.1, 0.15) is 22.4 Å². The van der Waals surface area contributed by atoms with Crippen LogP contribution in [-0.2, 0) is 16.1 Å². The van der Waals surface area contributed by atoms with Crippen molar-refractivity contribution in [3.8, 4) is 0 Å². The largest absolute Gasteiger partial charge is 0.356 e. The maximum atomic E-state index is 11.7. The quantitative estimate of drug-likeness (QED) is 0.478. The van der Waals surface area contributed by atoms with Gasteiger partial charge in [0.15, 0.2) is 0 Å². The highest BCUT2D eigenvalue weighted by Crippen LogP contribution is 2.12. The highest BCUT2D eigenvalue weighted by molar-refractivity contribution is 6.76. The molecule has 0 aliphatic heterocycles. The molecule has 1 aromatic rings. The van der Waals surface area contributed by atoms with E-state index in [4.69, 9.17) is 9.47 Å². The van der Waals surface area contributed by atoms with Crippen LogP contribution in [0, 0.1) is 20.8 Å². The molecule has 0 bridgehead atoms. The minimum Gasteiger partial charge on any atom is -0.356 e. The van der Waals surface area contributed by atoms with E-state index in [0.29, 0.717) is 6.61 Å². The highest BCUT2D eigenvalue weighted by atomic mass is 28.3. The molecule has 0 unspecified atom stereocenters. The van der Waals surface area contributed by atoms with Gasteiger partial charge in [0.2, 0.25) is 0 Å². The molecule has 0 spiro atoms. The summed E-state index contributed by atoms with van der Waals surface area (Å²) in [6.45, 7) is 14.2. The molecule has 1 rings (SSSR count). The first kappa shape index (κ1) is 17.1. The molecule has 20 heavy (non-hydrogen) atoms. The molecule has 1 heterocycles. The Kier molecular flexibility index (Phi) is 6.17. The van der Waals surface area contributed by atoms with Gasteiger partial charge in [-0.1, -0.05) is 19.6 Å².